The van der Waals surface area contributed by atoms with Gasteiger partial charge in [0.15, 0.2) is 0 Å². The summed E-state index contributed by atoms with van der Waals surface area (Å²) in [6.07, 6.45) is 3.01. The molecule has 0 aliphatic carbocycles. The van der Waals surface area contributed by atoms with Crippen molar-refractivity contribution in [3.05, 3.63) is 78.1 Å². The van der Waals surface area contributed by atoms with Gasteiger partial charge in [-0.25, -0.2) is 8.42 Å². The molecule has 3 rings (SSSR count). The van der Waals surface area contributed by atoms with Crippen LogP contribution in [0.4, 0.5) is 11.4 Å². The van der Waals surface area contributed by atoms with E-state index in [1.165, 1.54) is 25.4 Å². The van der Waals surface area contributed by atoms with Gasteiger partial charge in [-0.2, -0.15) is 0 Å². The van der Waals surface area contributed by atoms with Gasteiger partial charge in [0.25, 0.3) is 15.9 Å². The molecule has 0 bridgehead atoms. The van der Waals surface area contributed by atoms with Crippen molar-refractivity contribution in [1.29, 1.82) is 0 Å². The summed E-state index contributed by atoms with van der Waals surface area (Å²) in [6, 6.07) is 14.4. The molecule has 0 radical (unpaired) electrons. The highest BCUT2D eigenvalue weighted by molar-refractivity contribution is 7.92. The number of methoxy groups -OCH3 is 1. The van der Waals surface area contributed by atoms with Gasteiger partial charge in [0.1, 0.15) is 5.75 Å². The molecule has 2 N–H and O–H groups in total. The summed E-state index contributed by atoms with van der Waals surface area (Å²) in [5.74, 6) is 0.172. The SMILES string of the molecule is COc1ccc(S(=O)(=O)Nc2cccc(C)c2NC(=O)c2cccnc2)cc1. The van der Waals surface area contributed by atoms with Crippen molar-refractivity contribution < 1.29 is 17.9 Å². The topological polar surface area (TPSA) is 97.4 Å². The number of hydrogen-bond acceptors (Lipinski definition) is 5. The number of nitrogens with one attached hydrogen (secondary N) is 2. The van der Waals surface area contributed by atoms with Crippen LogP contribution in [0.2, 0.25) is 0 Å². The molecule has 0 saturated heterocycles. The second-order valence-corrected chi connectivity index (χ2v) is 7.66. The van der Waals surface area contributed by atoms with Gasteiger partial charge in [0, 0.05) is 12.4 Å². The third-order valence-electron chi connectivity index (χ3n) is 4.05. The highest BCUT2D eigenvalue weighted by Gasteiger charge is 2.18. The number of anilines is 2. The van der Waals surface area contributed by atoms with Crippen molar-refractivity contribution >= 4 is 27.3 Å². The normalized spacial score (nSPS) is 10.9. The summed E-state index contributed by atoms with van der Waals surface area (Å²) in [5.41, 5.74) is 1.74. The van der Waals surface area contributed by atoms with Crippen molar-refractivity contribution in [2.75, 3.05) is 17.1 Å². The van der Waals surface area contributed by atoms with Crippen molar-refractivity contribution in [3.8, 4) is 5.75 Å². The zero-order valence-corrected chi connectivity index (χ0v) is 16.2. The Morgan fingerprint density at radius 1 is 1.04 bits per heavy atom. The Morgan fingerprint density at radius 2 is 1.79 bits per heavy atom. The number of carbonyl (C=O) groups is 1. The number of nitrogens with zero attached hydrogens (tertiary/aromatic N) is 1. The minimum absolute atomic E-state index is 0.0827. The lowest BCUT2D eigenvalue weighted by Gasteiger charge is -2.16. The van der Waals surface area contributed by atoms with Crippen LogP contribution in [0.15, 0.2) is 71.9 Å². The number of para-hydroxylation sites is 1. The fourth-order valence-corrected chi connectivity index (χ4v) is 3.63. The molecule has 28 heavy (non-hydrogen) atoms. The lowest BCUT2D eigenvalue weighted by molar-refractivity contribution is 0.102. The van der Waals surface area contributed by atoms with Crippen LogP contribution in [0, 0.1) is 6.92 Å². The first-order valence-electron chi connectivity index (χ1n) is 8.38. The third-order valence-corrected chi connectivity index (χ3v) is 5.43. The molecule has 1 amide bonds. The highest BCUT2D eigenvalue weighted by Crippen LogP contribution is 2.29. The Balaban J connectivity index is 1.90. The van der Waals surface area contributed by atoms with E-state index in [1.54, 1.807) is 55.6 Å². The van der Waals surface area contributed by atoms with E-state index in [0.717, 1.165) is 0 Å². The number of sulfonamides is 1. The summed E-state index contributed by atoms with van der Waals surface area (Å²) in [6.45, 7) is 1.78. The van der Waals surface area contributed by atoms with Gasteiger partial charge >= 0.3 is 0 Å². The summed E-state index contributed by atoms with van der Waals surface area (Å²) in [5, 5.41) is 2.76. The number of pyridine rings is 1. The smallest absolute Gasteiger partial charge is 0.261 e. The van der Waals surface area contributed by atoms with E-state index in [0.29, 0.717) is 22.6 Å². The molecular formula is C20H19N3O4S. The van der Waals surface area contributed by atoms with Crippen LogP contribution in [0.3, 0.4) is 0 Å². The fraction of sp³-hybridized carbons (Fsp3) is 0.100. The summed E-state index contributed by atoms with van der Waals surface area (Å²) >= 11 is 0. The Kier molecular flexibility index (Phi) is 5.60. The molecule has 1 heterocycles. The zero-order valence-electron chi connectivity index (χ0n) is 15.3. The van der Waals surface area contributed by atoms with Gasteiger partial charge < -0.3 is 10.1 Å². The first-order valence-corrected chi connectivity index (χ1v) is 9.87. The predicted octanol–water partition coefficient (Wildman–Crippen LogP) is 3.45. The molecule has 0 saturated carbocycles. The van der Waals surface area contributed by atoms with Crippen LogP contribution in [-0.4, -0.2) is 26.4 Å². The second-order valence-electron chi connectivity index (χ2n) is 5.97. The number of aromatic nitrogens is 1. The van der Waals surface area contributed by atoms with E-state index in [-0.39, 0.29) is 16.5 Å². The first-order chi connectivity index (χ1) is 13.4. The largest absolute Gasteiger partial charge is 0.497 e. The number of rotatable bonds is 6. The Hall–Kier alpha value is -3.39. The van der Waals surface area contributed by atoms with E-state index in [2.05, 4.69) is 15.0 Å². The molecule has 0 aliphatic rings. The average molecular weight is 397 g/mol. The van der Waals surface area contributed by atoms with E-state index < -0.39 is 10.0 Å². The lowest BCUT2D eigenvalue weighted by atomic mass is 10.1. The van der Waals surface area contributed by atoms with E-state index in [1.807, 2.05) is 0 Å². The average Bonchev–Trinajstić information content (AvgIpc) is 2.71. The number of amides is 1. The summed E-state index contributed by atoms with van der Waals surface area (Å²) in [4.78, 5) is 16.5. The lowest BCUT2D eigenvalue weighted by Crippen LogP contribution is -2.18. The van der Waals surface area contributed by atoms with Gasteiger partial charge in [-0.3, -0.25) is 14.5 Å². The minimum atomic E-state index is -3.85. The van der Waals surface area contributed by atoms with Gasteiger partial charge in [0.2, 0.25) is 0 Å². The Morgan fingerprint density at radius 3 is 2.43 bits per heavy atom. The standard InChI is InChI=1S/C20H19N3O4S/c1-14-5-3-7-18(19(14)22-20(24)15-6-4-12-21-13-15)23-28(25,26)17-10-8-16(27-2)9-11-17/h3-13,23H,1-2H3,(H,22,24). The summed E-state index contributed by atoms with van der Waals surface area (Å²) < 4.78 is 33.1. The molecule has 1 aromatic heterocycles. The van der Waals surface area contributed by atoms with Gasteiger partial charge in [0.05, 0.1) is 28.9 Å². The van der Waals surface area contributed by atoms with Crippen molar-refractivity contribution in [2.45, 2.75) is 11.8 Å². The second kappa shape index (κ2) is 8.10. The maximum absolute atomic E-state index is 12.7. The number of hydrogen-bond donors (Lipinski definition) is 2. The number of benzene rings is 2. The van der Waals surface area contributed by atoms with Crippen molar-refractivity contribution in [2.24, 2.45) is 0 Å². The number of carbonyl (C=O) groups excluding carboxylic acids is 1. The van der Waals surface area contributed by atoms with Crippen molar-refractivity contribution in [3.63, 3.8) is 0 Å². The fourth-order valence-electron chi connectivity index (χ4n) is 2.56. The van der Waals surface area contributed by atoms with Gasteiger partial charge in [-0.15, -0.1) is 0 Å². The molecule has 0 aliphatic heterocycles. The highest BCUT2D eigenvalue weighted by atomic mass is 32.2. The Labute approximate surface area is 163 Å². The first kappa shape index (κ1) is 19.4. The van der Waals surface area contributed by atoms with E-state index in [9.17, 15) is 13.2 Å². The quantitative estimate of drug-likeness (QED) is 0.664. The van der Waals surface area contributed by atoms with E-state index in [4.69, 9.17) is 4.74 Å². The number of aryl methyl sites for hydroxylation is 1. The maximum atomic E-state index is 12.7. The minimum Gasteiger partial charge on any atom is -0.497 e. The molecular weight excluding hydrogens is 378 g/mol. The molecule has 3 aromatic rings. The number of ether oxygens (including phenoxy) is 1. The van der Waals surface area contributed by atoms with Crippen LogP contribution in [0.1, 0.15) is 15.9 Å². The molecule has 7 nitrogen and oxygen atoms in total. The Bertz CT molecular complexity index is 1080. The van der Waals surface area contributed by atoms with Crippen LogP contribution >= 0.6 is 0 Å². The summed E-state index contributed by atoms with van der Waals surface area (Å²) in [7, 11) is -2.34. The van der Waals surface area contributed by atoms with Gasteiger partial charge in [-0.05, 0) is 55.0 Å². The maximum Gasteiger partial charge on any atom is 0.261 e. The molecule has 0 spiro atoms. The van der Waals surface area contributed by atoms with E-state index >= 15 is 0 Å². The van der Waals surface area contributed by atoms with Crippen LogP contribution in [-0.2, 0) is 10.0 Å². The molecule has 2 aromatic carbocycles. The zero-order chi connectivity index (χ0) is 20.1. The molecule has 0 unspecified atom stereocenters. The molecule has 8 heteroatoms. The molecule has 144 valence electrons. The monoisotopic (exact) mass is 397 g/mol. The predicted molar refractivity (Wildman–Crippen MR) is 107 cm³/mol. The van der Waals surface area contributed by atoms with Crippen LogP contribution in [0.5, 0.6) is 5.75 Å². The third kappa shape index (κ3) is 4.29. The molecule has 0 atom stereocenters. The van der Waals surface area contributed by atoms with Gasteiger partial charge in [-0.1, -0.05) is 12.1 Å². The van der Waals surface area contributed by atoms with Crippen LogP contribution < -0.4 is 14.8 Å². The molecule has 0 fully saturated rings. The van der Waals surface area contributed by atoms with Crippen LogP contribution in [0.25, 0.3) is 0 Å². The van der Waals surface area contributed by atoms with Crippen molar-refractivity contribution in [1.82, 2.24) is 4.98 Å².